The third-order valence-corrected chi connectivity index (χ3v) is 8.05. The molecule has 0 aliphatic carbocycles. The van der Waals surface area contributed by atoms with Crippen molar-refractivity contribution in [3.05, 3.63) is 58.6 Å². The second-order valence-electron chi connectivity index (χ2n) is 6.79. The Morgan fingerprint density at radius 1 is 1.32 bits per heavy atom. The van der Waals surface area contributed by atoms with Crippen molar-refractivity contribution in [2.75, 3.05) is 17.6 Å². The van der Waals surface area contributed by atoms with E-state index in [0.717, 1.165) is 17.3 Å². The van der Waals surface area contributed by atoms with Crippen molar-refractivity contribution in [2.45, 2.75) is 22.6 Å². The van der Waals surface area contributed by atoms with E-state index in [1.54, 1.807) is 37.3 Å². The third kappa shape index (κ3) is 5.57. The third-order valence-electron chi connectivity index (χ3n) is 4.56. The first-order chi connectivity index (χ1) is 14.7. The fraction of sp³-hybridized carbons (Fsp3) is 0.250. The summed E-state index contributed by atoms with van der Waals surface area (Å²) in [5.74, 6) is -0.949. The minimum absolute atomic E-state index is 0.0136. The summed E-state index contributed by atoms with van der Waals surface area (Å²) in [5, 5.41) is 16.1. The molecule has 1 fully saturated rings. The number of rotatable bonds is 6. The average Bonchev–Trinajstić information content (AvgIpc) is 2.74. The summed E-state index contributed by atoms with van der Waals surface area (Å²) >= 11 is 7.14. The van der Waals surface area contributed by atoms with E-state index in [1.165, 1.54) is 12.1 Å². The number of nitrogens with one attached hydrogen (secondary N) is 3. The Morgan fingerprint density at radius 3 is 2.77 bits per heavy atom. The van der Waals surface area contributed by atoms with Gasteiger partial charge >= 0.3 is 0 Å². The van der Waals surface area contributed by atoms with Crippen molar-refractivity contribution in [1.29, 1.82) is 5.26 Å². The number of hydrogen-bond donors (Lipinski definition) is 3. The number of aryl methyl sites for hydroxylation is 1. The number of anilines is 1. The van der Waals surface area contributed by atoms with Crippen LogP contribution in [0.25, 0.3) is 0 Å². The summed E-state index contributed by atoms with van der Waals surface area (Å²) in [6, 6.07) is 12.8. The summed E-state index contributed by atoms with van der Waals surface area (Å²) in [4.78, 5) is 24.6. The van der Waals surface area contributed by atoms with Crippen LogP contribution in [0.5, 0.6) is 0 Å². The number of nitrogens with zero attached hydrogens (tertiary/aromatic N) is 1. The van der Waals surface area contributed by atoms with Gasteiger partial charge in [-0.15, -0.1) is 11.8 Å². The van der Waals surface area contributed by atoms with Crippen LogP contribution in [0.3, 0.4) is 0 Å². The molecule has 1 saturated heterocycles. The van der Waals surface area contributed by atoms with Gasteiger partial charge in [0.25, 0.3) is 0 Å². The normalized spacial score (nSPS) is 18.7. The number of halogens is 1. The average molecular weight is 479 g/mol. The minimum atomic E-state index is -3.93. The van der Waals surface area contributed by atoms with Crippen LogP contribution < -0.4 is 16.0 Å². The van der Waals surface area contributed by atoms with E-state index in [1.807, 2.05) is 6.07 Å². The van der Waals surface area contributed by atoms with Gasteiger partial charge in [0.1, 0.15) is 5.50 Å². The predicted molar refractivity (Wildman–Crippen MR) is 119 cm³/mol. The van der Waals surface area contributed by atoms with Gasteiger partial charge in [0, 0.05) is 17.3 Å². The van der Waals surface area contributed by atoms with Gasteiger partial charge in [-0.25, -0.2) is 8.42 Å². The molecule has 0 radical (unpaired) electrons. The molecule has 3 rings (SSSR count). The number of benzene rings is 2. The molecular weight excluding hydrogens is 460 g/mol. The molecule has 0 aromatic heterocycles. The molecular formula is C20H19ClN4O4S2. The fourth-order valence-corrected chi connectivity index (χ4v) is 5.45. The molecule has 162 valence electrons. The molecule has 3 N–H and O–H groups in total. The molecule has 1 aliphatic rings. The van der Waals surface area contributed by atoms with Crippen LogP contribution in [-0.4, -0.2) is 43.3 Å². The Balaban J connectivity index is 1.56. The van der Waals surface area contributed by atoms with E-state index in [0.29, 0.717) is 16.3 Å². The second kappa shape index (κ2) is 9.70. The maximum atomic E-state index is 12.8. The van der Waals surface area contributed by atoms with Crippen LogP contribution in [0.4, 0.5) is 5.69 Å². The standard InChI is InChI=1S/C20H19ClN4O4S2/c1-12-5-6-15(8-16(12)21)31(28,29)17-10-23-20(25-19(17)27)30-11-18(26)24-14-4-2-3-13(7-14)9-22/h2-8,17,20,23H,10-11H2,1H3,(H,24,26)(H,25,27). The lowest BCUT2D eigenvalue weighted by molar-refractivity contribution is -0.122. The molecule has 2 aromatic carbocycles. The number of carbonyl (C=O) groups excluding carboxylic acids is 2. The lowest BCUT2D eigenvalue weighted by atomic mass is 10.2. The van der Waals surface area contributed by atoms with Crippen molar-refractivity contribution in [1.82, 2.24) is 10.6 Å². The van der Waals surface area contributed by atoms with Crippen molar-refractivity contribution in [2.24, 2.45) is 0 Å². The maximum Gasteiger partial charge on any atom is 0.241 e. The van der Waals surface area contributed by atoms with Crippen LogP contribution >= 0.6 is 23.4 Å². The quantitative estimate of drug-likeness (QED) is 0.579. The first-order valence-electron chi connectivity index (χ1n) is 9.16. The SMILES string of the molecule is Cc1ccc(S(=O)(=O)C2CNC(SCC(=O)Nc3cccc(C#N)c3)NC2=O)cc1Cl. The number of thioether (sulfide) groups is 1. The van der Waals surface area contributed by atoms with E-state index in [9.17, 15) is 18.0 Å². The van der Waals surface area contributed by atoms with Gasteiger partial charge in [0.15, 0.2) is 15.1 Å². The molecule has 2 atom stereocenters. The van der Waals surface area contributed by atoms with Gasteiger partial charge in [0.2, 0.25) is 11.8 Å². The molecule has 2 amide bonds. The number of hydrogen-bond acceptors (Lipinski definition) is 7. The zero-order chi connectivity index (χ0) is 22.6. The highest BCUT2D eigenvalue weighted by atomic mass is 35.5. The topological polar surface area (TPSA) is 128 Å². The highest BCUT2D eigenvalue weighted by Gasteiger charge is 2.38. The Morgan fingerprint density at radius 2 is 2.10 bits per heavy atom. The molecule has 11 heteroatoms. The summed E-state index contributed by atoms with van der Waals surface area (Å²) in [5.41, 5.74) is 1.04. The van der Waals surface area contributed by atoms with E-state index >= 15 is 0 Å². The van der Waals surface area contributed by atoms with Gasteiger partial charge in [-0.05, 0) is 42.8 Å². The molecule has 31 heavy (non-hydrogen) atoms. The largest absolute Gasteiger partial charge is 0.331 e. The minimum Gasteiger partial charge on any atom is -0.331 e. The van der Waals surface area contributed by atoms with E-state index < -0.39 is 26.5 Å². The van der Waals surface area contributed by atoms with Crippen LogP contribution in [0, 0.1) is 18.3 Å². The predicted octanol–water partition coefficient (Wildman–Crippen LogP) is 2.04. The van der Waals surface area contributed by atoms with Crippen LogP contribution in [0.2, 0.25) is 5.02 Å². The van der Waals surface area contributed by atoms with Crippen molar-refractivity contribution < 1.29 is 18.0 Å². The van der Waals surface area contributed by atoms with Crippen molar-refractivity contribution in [3.8, 4) is 6.07 Å². The molecule has 0 saturated carbocycles. The van der Waals surface area contributed by atoms with E-state index in [4.69, 9.17) is 16.9 Å². The monoisotopic (exact) mass is 478 g/mol. The lowest BCUT2D eigenvalue weighted by Gasteiger charge is -2.29. The number of amides is 2. The summed E-state index contributed by atoms with van der Waals surface area (Å²) in [6.45, 7) is 1.66. The maximum absolute atomic E-state index is 12.8. The first kappa shape index (κ1) is 23.1. The zero-order valence-electron chi connectivity index (χ0n) is 16.4. The van der Waals surface area contributed by atoms with Crippen LogP contribution in [-0.2, 0) is 19.4 Å². The van der Waals surface area contributed by atoms with Gasteiger partial charge in [-0.2, -0.15) is 5.26 Å². The zero-order valence-corrected chi connectivity index (χ0v) is 18.8. The Hall–Kier alpha value is -2.58. The van der Waals surface area contributed by atoms with Crippen molar-refractivity contribution in [3.63, 3.8) is 0 Å². The molecule has 2 unspecified atom stereocenters. The van der Waals surface area contributed by atoms with Gasteiger partial charge in [-0.1, -0.05) is 23.7 Å². The summed E-state index contributed by atoms with van der Waals surface area (Å²) in [7, 11) is -3.93. The van der Waals surface area contributed by atoms with Gasteiger partial charge in [0.05, 0.1) is 22.3 Å². The van der Waals surface area contributed by atoms with Crippen molar-refractivity contribution >= 4 is 50.7 Å². The van der Waals surface area contributed by atoms with Gasteiger partial charge < -0.3 is 10.6 Å². The van der Waals surface area contributed by atoms with E-state index in [-0.39, 0.29) is 23.1 Å². The van der Waals surface area contributed by atoms with Crippen LogP contribution in [0.1, 0.15) is 11.1 Å². The summed E-state index contributed by atoms with van der Waals surface area (Å²) < 4.78 is 25.7. The highest BCUT2D eigenvalue weighted by molar-refractivity contribution is 8.00. The molecule has 0 spiro atoms. The molecule has 1 aliphatic heterocycles. The molecule has 8 nitrogen and oxygen atoms in total. The molecule has 2 aromatic rings. The number of sulfone groups is 1. The Labute approximate surface area is 189 Å². The Bertz CT molecular complexity index is 1160. The highest BCUT2D eigenvalue weighted by Crippen LogP contribution is 2.24. The number of carbonyl (C=O) groups is 2. The second-order valence-corrected chi connectivity index (χ2v) is 10.4. The lowest BCUT2D eigenvalue weighted by Crippen LogP contribution is -2.59. The van der Waals surface area contributed by atoms with E-state index in [2.05, 4.69) is 16.0 Å². The number of nitriles is 1. The summed E-state index contributed by atoms with van der Waals surface area (Å²) in [6.07, 6.45) is 0. The molecule has 0 bridgehead atoms. The Kier molecular flexibility index (Phi) is 7.23. The smallest absolute Gasteiger partial charge is 0.241 e. The molecule has 1 heterocycles. The van der Waals surface area contributed by atoms with Gasteiger partial charge in [-0.3, -0.25) is 14.9 Å². The first-order valence-corrected chi connectivity index (χ1v) is 12.1. The van der Waals surface area contributed by atoms with Crippen LogP contribution in [0.15, 0.2) is 47.4 Å². The fourth-order valence-electron chi connectivity index (χ4n) is 2.87.